The minimum absolute atomic E-state index is 0.134. The van der Waals surface area contributed by atoms with E-state index in [4.69, 9.17) is 10.5 Å². The number of carbonyl (C=O) groups is 2. The lowest BCUT2D eigenvalue weighted by Crippen LogP contribution is -2.24. The number of aryl methyl sites for hydroxylation is 2. The minimum atomic E-state index is -0.355. The zero-order valence-electron chi connectivity index (χ0n) is 16.4. The first-order chi connectivity index (χ1) is 13.9. The van der Waals surface area contributed by atoms with Crippen LogP contribution in [0.5, 0.6) is 0 Å². The predicted octanol–water partition coefficient (Wildman–Crippen LogP) is 3.48. The number of rotatable bonds is 7. The summed E-state index contributed by atoms with van der Waals surface area (Å²) in [5.74, 6) is 0.147. The number of hydrogen-bond donors (Lipinski definition) is 2. The summed E-state index contributed by atoms with van der Waals surface area (Å²) in [5.41, 5.74) is 8.56. The first kappa shape index (κ1) is 21.1. The third kappa shape index (κ3) is 5.04. The average molecular weight is 431 g/mol. The van der Waals surface area contributed by atoms with Gasteiger partial charge in [0.25, 0.3) is 0 Å². The zero-order chi connectivity index (χ0) is 21.0. The van der Waals surface area contributed by atoms with Gasteiger partial charge in [0.1, 0.15) is 10.6 Å². The normalized spacial score (nSPS) is 10.9. The van der Waals surface area contributed by atoms with Crippen molar-refractivity contribution in [2.45, 2.75) is 32.5 Å². The number of carbonyl (C=O) groups excluding carboxylic acids is 2. The van der Waals surface area contributed by atoms with Gasteiger partial charge < -0.3 is 15.8 Å². The number of nitrogens with two attached hydrogens (primary N) is 1. The van der Waals surface area contributed by atoms with Crippen LogP contribution in [-0.2, 0) is 16.1 Å². The standard InChI is InChI=1S/C20H22N4O3S2/c1-4-27-19(26)14-7-5-13(6-8-14)9-22-15(25)10-28-20-23-17(21)16-11(2)12(3)29-18(16)24-20/h5-8H,4,9-10H2,1-3H3,(H,22,25)(H2,21,23,24). The fourth-order valence-corrected chi connectivity index (χ4v) is 4.46. The highest BCUT2D eigenvalue weighted by molar-refractivity contribution is 7.99. The van der Waals surface area contributed by atoms with Crippen LogP contribution >= 0.6 is 23.1 Å². The molecule has 2 aromatic heterocycles. The van der Waals surface area contributed by atoms with Gasteiger partial charge in [-0.2, -0.15) is 0 Å². The molecule has 0 bridgehead atoms. The van der Waals surface area contributed by atoms with Crippen LogP contribution in [0.3, 0.4) is 0 Å². The second-order valence-corrected chi connectivity index (χ2v) is 8.48. The average Bonchev–Trinajstić information content (AvgIpc) is 2.99. The Morgan fingerprint density at radius 2 is 1.93 bits per heavy atom. The molecule has 3 aromatic rings. The highest BCUT2D eigenvalue weighted by atomic mass is 32.2. The van der Waals surface area contributed by atoms with Gasteiger partial charge in [-0.3, -0.25) is 4.79 Å². The van der Waals surface area contributed by atoms with Crippen molar-refractivity contribution < 1.29 is 14.3 Å². The molecule has 0 aliphatic heterocycles. The molecule has 7 nitrogen and oxygen atoms in total. The maximum absolute atomic E-state index is 12.2. The molecule has 0 atom stereocenters. The molecule has 0 saturated heterocycles. The van der Waals surface area contributed by atoms with Crippen LogP contribution in [0.4, 0.5) is 5.82 Å². The predicted molar refractivity (Wildman–Crippen MR) is 116 cm³/mol. The van der Waals surface area contributed by atoms with Gasteiger partial charge in [0.15, 0.2) is 5.16 Å². The van der Waals surface area contributed by atoms with Crippen molar-refractivity contribution in [3.8, 4) is 0 Å². The van der Waals surface area contributed by atoms with E-state index in [0.717, 1.165) is 26.2 Å². The molecule has 3 N–H and O–H groups in total. The molecule has 3 rings (SSSR count). The Hall–Kier alpha value is -2.65. The van der Waals surface area contributed by atoms with Crippen molar-refractivity contribution in [1.82, 2.24) is 15.3 Å². The number of nitrogens with zero attached hydrogens (tertiary/aromatic N) is 2. The Balaban J connectivity index is 1.54. The molecular weight excluding hydrogens is 408 g/mol. The molecule has 2 heterocycles. The summed E-state index contributed by atoms with van der Waals surface area (Å²) in [6.07, 6.45) is 0. The Labute approximate surface area is 177 Å². The van der Waals surface area contributed by atoms with Crippen molar-refractivity contribution in [2.24, 2.45) is 0 Å². The summed E-state index contributed by atoms with van der Waals surface area (Å²) in [4.78, 5) is 34.7. The Kier molecular flexibility index (Phi) is 6.71. The van der Waals surface area contributed by atoms with E-state index in [-0.39, 0.29) is 17.6 Å². The van der Waals surface area contributed by atoms with Gasteiger partial charge in [-0.1, -0.05) is 23.9 Å². The quantitative estimate of drug-likeness (QED) is 0.336. The lowest BCUT2D eigenvalue weighted by Gasteiger charge is -2.07. The van der Waals surface area contributed by atoms with E-state index >= 15 is 0 Å². The summed E-state index contributed by atoms with van der Waals surface area (Å²) in [7, 11) is 0. The molecule has 0 spiro atoms. The molecular formula is C20H22N4O3S2. The van der Waals surface area contributed by atoms with E-state index in [1.165, 1.54) is 11.8 Å². The summed E-state index contributed by atoms with van der Waals surface area (Å²) in [6, 6.07) is 6.95. The third-order valence-corrected chi connectivity index (χ3v) is 6.27. The smallest absolute Gasteiger partial charge is 0.338 e. The fraction of sp³-hybridized carbons (Fsp3) is 0.300. The molecule has 0 saturated carbocycles. The highest BCUT2D eigenvalue weighted by Gasteiger charge is 2.14. The van der Waals surface area contributed by atoms with E-state index in [1.807, 2.05) is 13.8 Å². The first-order valence-corrected chi connectivity index (χ1v) is 10.9. The lowest BCUT2D eigenvalue weighted by atomic mass is 10.1. The fourth-order valence-electron chi connectivity index (χ4n) is 2.68. The van der Waals surface area contributed by atoms with Gasteiger partial charge in [-0.25, -0.2) is 14.8 Å². The molecule has 0 fully saturated rings. The highest BCUT2D eigenvalue weighted by Crippen LogP contribution is 2.33. The van der Waals surface area contributed by atoms with Crippen LogP contribution in [-0.4, -0.2) is 34.2 Å². The van der Waals surface area contributed by atoms with E-state index in [0.29, 0.717) is 29.7 Å². The lowest BCUT2D eigenvalue weighted by molar-refractivity contribution is -0.118. The summed E-state index contributed by atoms with van der Waals surface area (Å²) < 4.78 is 4.95. The number of ether oxygens (including phenoxy) is 1. The van der Waals surface area contributed by atoms with Gasteiger partial charge >= 0.3 is 5.97 Å². The Morgan fingerprint density at radius 1 is 1.21 bits per heavy atom. The molecule has 1 amide bonds. The third-order valence-electron chi connectivity index (χ3n) is 4.32. The van der Waals surface area contributed by atoms with Gasteiger partial charge in [0.2, 0.25) is 5.91 Å². The number of esters is 1. The molecule has 152 valence electrons. The van der Waals surface area contributed by atoms with Crippen LogP contribution < -0.4 is 11.1 Å². The van der Waals surface area contributed by atoms with E-state index < -0.39 is 0 Å². The number of nitrogens with one attached hydrogen (secondary N) is 1. The van der Waals surface area contributed by atoms with Crippen molar-refractivity contribution >= 4 is 51.0 Å². The number of amides is 1. The van der Waals surface area contributed by atoms with Crippen molar-refractivity contribution in [3.05, 3.63) is 45.8 Å². The topological polar surface area (TPSA) is 107 Å². The van der Waals surface area contributed by atoms with Gasteiger partial charge in [0.05, 0.1) is 23.3 Å². The molecule has 0 aliphatic carbocycles. The van der Waals surface area contributed by atoms with E-state index in [9.17, 15) is 9.59 Å². The number of benzene rings is 1. The zero-order valence-corrected chi connectivity index (χ0v) is 18.1. The summed E-state index contributed by atoms with van der Waals surface area (Å²) in [6.45, 7) is 6.50. The Bertz CT molecular complexity index is 1050. The van der Waals surface area contributed by atoms with Crippen molar-refractivity contribution in [1.29, 1.82) is 0 Å². The molecule has 0 aliphatic rings. The first-order valence-electron chi connectivity index (χ1n) is 9.07. The molecule has 0 unspecified atom stereocenters. The molecule has 0 radical (unpaired) electrons. The monoisotopic (exact) mass is 430 g/mol. The maximum Gasteiger partial charge on any atom is 0.338 e. The largest absolute Gasteiger partial charge is 0.462 e. The number of aromatic nitrogens is 2. The SMILES string of the molecule is CCOC(=O)c1ccc(CNC(=O)CSc2nc(N)c3c(C)c(C)sc3n2)cc1. The number of nitrogen functional groups attached to an aromatic ring is 1. The van der Waals surface area contributed by atoms with Gasteiger partial charge in [-0.05, 0) is 44.0 Å². The van der Waals surface area contributed by atoms with Gasteiger partial charge in [-0.15, -0.1) is 11.3 Å². The second-order valence-electron chi connectivity index (χ2n) is 6.34. The van der Waals surface area contributed by atoms with Crippen LogP contribution in [0.2, 0.25) is 0 Å². The van der Waals surface area contributed by atoms with Gasteiger partial charge in [0, 0.05) is 11.4 Å². The van der Waals surface area contributed by atoms with E-state index in [2.05, 4.69) is 15.3 Å². The second kappa shape index (κ2) is 9.23. The summed E-state index contributed by atoms with van der Waals surface area (Å²) >= 11 is 2.83. The maximum atomic E-state index is 12.2. The minimum Gasteiger partial charge on any atom is -0.462 e. The number of anilines is 1. The van der Waals surface area contributed by atoms with Crippen molar-refractivity contribution in [3.63, 3.8) is 0 Å². The molecule has 1 aromatic carbocycles. The number of fused-ring (bicyclic) bond motifs is 1. The van der Waals surface area contributed by atoms with Crippen LogP contribution in [0.15, 0.2) is 29.4 Å². The van der Waals surface area contributed by atoms with Crippen LogP contribution in [0.25, 0.3) is 10.2 Å². The number of thiophene rings is 1. The van der Waals surface area contributed by atoms with Crippen molar-refractivity contribution in [2.75, 3.05) is 18.1 Å². The van der Waals surface area contributed by atoms with E-state index in [1.54, 1.807) is 42.5 Å². The van der Waals surface area contributed by atoms with Crippen LogP contribution in [0, 0.1) is 13.8 Å². The summed E-state index contributed by atoms with van der Waals surface area (Å²) in [5, 5.41) is 4.23. The molecule has 9 heteroatoms. The van der Waals surface area contributed by atoms with Crippen LogP contribution in [0.1, 0.15) is 33.3 Å². The number of thioether (sulfide) groups is 1. The number of hydrogen-bond acceptors (Lipinski definition) is 8. The Morgan fingerprint density at radius 3 is 2.62 bits per heavy atom. The molecule has 29 heavy (non-hydrogen) atoms.